The Hall–Kier alpha value is -7.84. The first-order valence-corrected chi connectivity index (χ1v) is 26.4. The fraction of sp³-hybridized carbons (Fsp3) is 0.250. The predicted octanol–water partition coefficient (Wildman–Crippen LogP) is 16.6. The van der Waals surface area contributed by atoms with Crippen molar-refractivity contribution in [1.82, 2.24) is 18.8 Å². The van der Waals surface area contributed by atoms with Crippen molar-refractivity contribution in [3.63, 3.8) is 0 Å². The Morgan fingerprint density at radius 1 is 0.389 bits per heavy atom. The monoisotopic (exact) mass is 944 g/mol. The third kappa shape index (κ3) is 7.01. The zero-order valence-electron chi connectivity index (χ0n) is 41.0. The molecular weight excluding hydrogens is 889 g/mol. The van der Waals surface area contributed by atoms with Crippen molar-refractivity contribution in [2.45, 2.75) is 104 Å². The Balaban J connectivity index is 1.11. The molecule has 13 rings (SSSR count). The summed E-state index contributed by atoms with van der Waals surface area (Å²) < 4.78 is 17.6. The molecule has 0 atom stereocenters. The summed E-state index contributed by atoms with van der Waals surface area (Å²) in [6.45, 7) is 4.50. The van der Waals surface area contributed by atoms with Crippen LogP contribution in [0.2, 0.25) is 0 Å². The summed E-state index contributed by atoms with van der Waals surface area (Å²) in [7, 11) is 0. The van der Waals surface area contributed by atoms with Gasteiger partial charge in [-0.05, 0) is 108 Å². The molecular formula is C64H56N4O4. The van der Waals surface area contributed by atoms with E-state index in [4.69, 9.17) is 19.4 Å². The van der Waals surface area contributed by atoms with Gasteiger partial charge in [-0.25, -0.2) is 9.97 Å². The largest absolute Gasteiger partial charge is 0.457 e. The average Bonchev–Trinajstić information content (AvgIpc) is 4.01. The number of nitrogens with zero attached hydrogens (tertiary/aromatic N) is 4. The first kappa shape index (κ1) is 44.1. The van der Waals surface area contributed by atoms with Gasteiger partial charge in [-0.1, -0.05) is 151 Å². The number of imidazole rings is 2. The van der Waals surface area contributed by atoms with Crippen LogP contribution >= 0.6 is 0 Å². The number of hydrogen-bond donors (Lipinski definition) is 0. The number of rotatable bonds is 18. The van der Waals surface area contributed by atoms with Crippen LogP contribution in [-0.2, 0) is 12.8 Å². The summed E-state index contributed by atoms with van der Waals surface area (Å²) in [6, 6.07) is 44.5. The van der Waals surface area contributed by atoms with Gasteiger partial charge >= 0.3 is 0 Å². The highest BCUT2D eigenvalue weighted by molar-refractivity contribution is 6.42. The molecule has 0 spiro atoms. The predicted molar refractivity (Wildman–Crippen MR) is 297 cm³/mol. The summed E-state index contributed by atoms with van der Waals surface area (Å²) in [5, 5.41) is 9.77. The Labute approximate surface area is 416 Å². The molecule has 0 fully saturated rings. The highest BCUT2D eigenvalue weighted by atomic mass is 16.5. The maximum Gasteiger partial charge on any atom is 0.264 e. The quantitative estimate of drug-likeness (QED) is 0.0484. The van der Waals surface area contributed by atoms with E-state index in [1.165, 1.54) is 64.2 Å². The molecule has 9 aromatic carbocycles. The van der Waals surface area contributed by atoms with Gasteiger partial charge in [0.2, 0.25) is 0 Å². The van der Waals surface area contributed by atoms with E-state index in [-0.39, 0.29) is 11.1 Å². The zero-order chi connectivity index (χ0) is 48.5. The Morgan fingerprint density at radius 2 is 0.792 bits per heavy atom. The van der Waals surface area contributed by atoms with Crippen molar-refractivity contribution in [2.24, 2.45) is 0 Å². The second-order valence-corrected chi connectivity index (χ2v) is 20.0. The minimum Gasteiger partial charge on any atom is -0.457 e. The highest BCUT2D eigenvalue weighted by Crippen LogP contribution is 2.52. The van der Waals surface area contributed by atoms with Crippen molar-refractivity contribution in [3.8, 4) is 23.0 Å². The van der Waals surface area contributed by atoms with Gasteiger partial charge in [0.05, 0.1) is 32.8 Å². The lowest BCUT2D eigenvalue weighted by molar-refractivity contribution is 0.488. The maximum absolute atomic E-state index is 15.4. The third-order valence-corrected chi connectivity index (χ3v) is 15.5. The van der Waals surface area contributed by atoms with E-state index in [1.807, 2.05) is 93.7 Å². The van der Waals surface area contributed by atoms with Crippen LogP contribution in [0.1, 0.15) is 102 Å². The molecule has 0 saturated carbocycles. The van der Waals surface area contributed by atoms with Crippen molar-refractivity contribution in [1.29, 1.82) is 0 Å². The fourth-order valence-electron chi connectivity index (χ4n) is 12.1. The Morgan fingerprint density at radius 3 is 1.22 bits per heavy atom. The molecule has 0 aliphatic heterocycles. The van der Waals surface area contributed by atoms with E-state index in [1.54, 1.807) is 0 Å². The van der Waals surface area contributed by atoms with Crippen LogP contribution in [0.4, 0.5) is 0 Å². The average molecular weight is 945 g/mol. The molecule has 0 saturated heterocycles. The van der Waals surface area contributed by atoms with E-state index in [0.717, 1.165) is 113 Å². The van der Waals surface area contributed by atoms with Crippen LogP contribution in [-0.4, -0.2) is 18.8 Å². The molecule has 13 aromatic rings. The molecule has 356 valence electrons. The van der Waals surface area contributed by atoms with Crippen LogP contribution < -0.4 is 20.6 Å². The molecule has 0 amide bonds. The van der Waals surface area contributed by atoms with Crippen molar-refractivity contribution in [2.75, 3.05) is 0 Å². The molecule has 0 aliphatic carbocycles. The highest BCUT2D eigenvalue weighted by Gasteiger charge is 2.29. The number of pyridine rings is 2. The molecule has 0 N–H and O–H groups in total. The lowest BCUT2D eigenvalue weighted by atomic mass is 9.85. The number of ether oxygens (including phenoxy) is 2. The van der Waals surface area contributed by atoms with Crippen LogP contribution in [0, 0.1) is 0 Å². The molecule has 4 aromatic heterocycles. The summed E-state index contributed by atoms with van der Waals surface area (Å²) >= 11 is 0. The standard InChI is InChI=1S/C64H56N4O4/c1-3-5-7-9-11-15-23-39-25-21-31-49-59(39)65-61-45-35-33-43-56-52(72-42-29-19-14-20-30-42)38-48-54-46(62-66-60-40(24-16-12-10-8-6-4-2)26-22-32-50(60)68(62)64(48)70)36-34-44(58(54)56)55-51(71-41-27-17-13-18-28-41)37-47(53(45)57(43)55)63(69)67(49)61/h13-14,17-22,25-38H,3-12,15-16,23-24H2,1-2H3. The van der Waals surface area contributed by atoms with Crippen molar-refractivity contribution in [3.05, 3.63) is 165 Å². The smallest absolute Gasteiger partial charge is 0.264 e. The first-order valence-electron chi connectivity index (χ1n) is 26.4. The number of fused-ring (bicyclic) bond motifs is 10. The van der Waals surface area contributed by atoms with Gasteiger partial charge in [0.15, 0.2) is 0 Å². The number of para-hydroxylation sites is 4. The van der Waals surface area contributed by atoms with E-state index in [9.17, 15) is 0 Å². The van der Waals surface area contributed by atoms with Gasteiger partial charge in [-0.3, -0.25) is 18.4 Å². The minimum absolute atomic E-state index is 0.143. The molecule has 0 bridgehead atoms. The van der Waals surface area contributed by atoms with Crippen molar-refractivity contribution >= 4 is 98.0 Å². The topological polar surface area (TPSA) is 87.2 Å². The number of hydrogen-bond acceptors (Lipinski definition) is 6. The third-order valence-electron chi connectivity index (χ3n) is 15.5. The van der Waals surface area contributed by atoms with Crippen molar-refractivity contribution < 1.29 is 9.47 Å². The second-order valence-electron chi connectivity index (χ2n) is 20.0. The Bertz CT molecular complexity index is 4020. The lowest BCUT2D eigenvalue weighted by Gasteiger charge is -2.22. The van der Waals surface area contributed by atoms with Crippen LogP contribution in [0.25, 0.3) is 98.0 Å². The van der Waals surface area contributed by atoms with Crippen LogP contribution in [0.15, 0.2) is 143 Å². The fourth-order valence-corrected chi connectivity index (χ4v) is 12.1. The number of unbranched alkanes of at least 4 members (excludes halogenated alkanes) is 10. The van der Waals surface area contributed by atoms with Gasteiger partial charge in [0.25, 0.3) is 11.1 Å². The number of benzene rings is 9. The molecule has 0 unspecified atom stereocenters. The van der Waals surface area contributed by atoms with Gasteiger partial charge in [0.1, 0.15) is 34.3 Å². The van der Waals surface area contributed by atoms with Gasteiger partial charge in [0, 0.05) is 43.1 Å². The second kappa shape index (κ2) is 18.1. The van der Waals surface area contributed by atoms with Gasteiger partial charge < -0.3 is 9.47 Å². The molecule has 4 heterocycles. The molecule has 0 radical (unpaired) electrons. The van der Waals surface area contributed by atoms with E-state index in [2.05, 4.69) is 62.4 Å². The van der Waals surface area contributed by atoms with E-state index >= 15 is 9.59 Å². The molecule has 8 heteroatoms. The lowest BCUT2D eigenvalue weighted by Crippen LogP contribution is -2.14. The number of aromatic nitrogens is 4. The summed E-state index contributed by atoms with van der Waals surface area (Å²) in [5.74, 6) is 2.41. The van der Waals surface area contributed by atoms with E-state index in [0.29, 0.717) is 45.1 Å². The normalized spacial score (nSPS) is 12.4. The maximum atomic E-state index is 15.4. The number of aryl methyl sites for hydroxylation is 2. The minimum atomic E-state index is -0.143. The molecule has 8 nitrogen and oxygen atoms in total. The van der Waals surface area contributed by atoms with Crippen LogP contribution in [0.3, 0.4) is 0 Å². The molecule has 72 heavy (non-hydrogen) atoms. The zero-order valence-corrected chi connectivity index (χ0v) is 41.0. The summed E-state index contributed by atoms with van der Waals surface area (Å²) in [4.78, 5) is 41.6. The van der Waals surface area contributed by atoms with Crippen LogP contribution in [0.5, 0.6) is 23.0 Å². The first-order chi connectivity index (χ1) is 35.5. The van der Waals surface area contributed by atoms with E-state index < -0.39 is 0 Å². The SMILES string of the molecule is CCCCCCCCc1cccc2c1nc1c3ccc4c5c(Oc6ccccc6)cc6c(=O)n7c8cccc(CCCCCCCC)c8nc7c7ccc(c8c(Oc9ccccc9)cc(c(=O)n21)c3c48)c5c67. The summed E-state index contributed by atoms with van der Waals surface area (Å²) in [6.07, 6.45) is 16.3. The molecule has 0 aliphatic rings. The summed E-state index contributed by atoms with van der Waals surface area (Å²) in [5.41, 5.74) is 6.71. The van der Waals surface area contributed by atoms with Gasteiger partial charge in [-0.2, -0.15) is 0 Å². The Kier molecular flexibility index (Phi) is 11.1. The van der Waals surface area contributed by atoms with Gasteiger partial charge in [-0.15, -0.1) is 0 Å².